The lowest BCUT2D eigenvalue weighted by molar-refractivity contribution is -0.297. The number of carbonyl (C=O) groups is 3. The summed E-state index contributed by atoms with van der Waals surface area (Å²) in [6.07, 6.45) is -0.672. The summed E-state index contributed by atoms with van der Waals surface area (Å²) in [6, 6.07) is -0.454. The molecule has 4 rings (SSSR count). The van der Waals surface area contributed by atoms with E-state index in [1.165, 1.54) is 6.92 Å². The minimum atomic E-state index is -1.15. The number of rotatable bonds is 8. The molecule has 13 nitrogen and oxygen atoms in total. The molecule has 1 saturated carbocycles. The number of nitrogens with zero attached hydrogens (tertiary/aromatic N) is 1. The Balaban J connectivity index is 1.67. The van der Waals surface area contributed by atoms with Gasteiger partial charge in [-0.3, -0.25) is 9.59 Å². The number of hydrogen-bond acceptors (Lipinski definition) is 12. The molecule has 13 atom stereocenters. The fraction of sp³-hybridized carbons (Fsp3) is 0.912. The molecular formula is C34H60N4O9. The van der Waals surface area contributed by atoms with Crippen molar-refractivity contribution < 1.29 is 43.2 Å². The van der Waals surface area contributed by atoms with Gasteiger partial charge in [-0.15, -0.1) is 0 Å². The van der Waals surface area contributed by atoms with Crippen LogP contribution in [0.4, 0.5) is 4.79 Å². The van der Waals surface area contributed by atoms with Crippen molar-refractivity contribution in [2.75, 3.05) is 34.3 Å². The van der Waals surface area contributed by atoms with Crippen molar-refractivity contribution in [1.82, 2.24) is 20.9 Å². The number of fused-ring (bicyclic) bond motifs is 1. The third-order valence-electron chi connectivity index (χ3n) is 10.9. The molecule has 0 aromatic rings. The SMILES string of the molecule is CC[C@H]1OC(=O)[C@H](C)C(=O)[C@H](C)[C@@H](O[C@@H]2OC(CNC3CC3)CC(N(C)C)C2O)[C@](C)(OC)C[C@@H](C)CN[C@H](C)[C@H]2NC(=O)O[C@@]21C. The summed E-state index contributed by atoms with van der Waals surface area (Å²) in [7, 11) is 5.44. The summed E-state index contributed by atoms with van der Waals surface area (Å²) >= 11 is 0. The number of aliphatic hydroxyl groups is 1. The predicted molar refractivity (Wildman–Crippen MR) is 175 cm³/mol. The number of aliphatic hydroxyl groups excluding tert-OH is 1. The Kier molecular flexibility index (Phi) is 12.4. The molecule has 3 saturated heterocycles. The van der Waals surface area contributed by atoms with E-state index in [-0.39, 0.29) is 29.9 Å². The number of ketones is 1. The van der Waals surface area contributed by atoms with Crippen LogP contribution in [0, 0.1) is 17.8 Å². The fourth-order valence-electron chi connectivity index (χ4n) is 7.74. The number of methoxy groups -OCH3 is 1. The molecule has 3 aliphatic heterocycles. The van der Waals surface area contributed by atoms with Crippen LogP contribution >= 0.6 is 0 Å². The third-order valence-corrected chi connectivity index (χ3v) is 10.9. The van der Waals surface area contributed by atoms with Gasteiger partial charge in [0, 0.05) is 37.7 Å². The average molecular weight is 669 g/mol. The molecule has 270 valence electrons. The number of carbonyl (C=O) groups excluding carboxylic acids is 3. The van der Waals surface area contributed by atoms with Gasteiger partial charge in [-0.2, -0.15) is 0 Å². The van der Waals surface area contributed by atoms with E-state index in [0.29, 0.717) is 38.4 Å². The largest absolute Gasteiger partial charge is 0.458 e. The molecule has 0 radical (unpaired) electrons. The van der Waals surface area contributed by atoms with Crippen molar-refractivity contribution in [2.45, 2.75) is 147 Å². The molecule has 0 aromatic heterocycles. The zero-order valence-electron chi connectivity index (χ0n) is 30.0. The summed E-state index contributed by atoms with van der Waals surface area (Å²) in [6.45, 7) is 14.0. The van der Waals surface area contributed by atoms with Crippen LogP contribution in [0.2, 0.25) is 0 Å². The number of hydrogen-bond donors (Lipinski definition) is 4. The van der Waals surface area contributed by atoms with Gasteiger partial charge in [0.2, 0.25) is 0 Å². The van der Waals surface area contributed by atoms with Gasteiger partial charge in [0.15, 0.2) is 17.7 Å². The van der Waals surface area contributed by atoms with Crippen LogP contribution in [0.15, 0.2) is 0 Å². The second kappa shape index (κ2) is 15.3. The lowest BCUT2D eigenvalue weighted by Crippen LogP contribution is -2.60. The zero-order chi connectivity index (χ0) is 34.8. The highest BCUT2D eigenvalue weighted by molar-refractivity contribution is 6.00. The van der Waals surface area contributed by atoms with E-state index in [2.05, 4.69) is 22.9 Å². The number of amides is 1. The van der Waals surface area contributed by atoms with Crippen molar-refractivity contribution in [3.63, 3.8) is 0 Å². The van der Waals surface area contributed by atoms with Crippen LogP contribution in [0.1, 0.15) is 80.6 Å². The van der Waals surface area contributed by atoms with E-state index >= 15 is 0 Å². The van der Waals surface area contributed by atoms with Crippen molar-refractivity contribution >= 4 is 17.8 Å². The quantitative estimate of drug-likeness (QED) is 0.221. The van der Waals surface area contributed by atoms with E-state index in [9.17, 15) is 19.5 Å². The van der Waals surface area contributed by atoms with E-state index in [4.69, 9.17) is 23.7 Å². The first kappa shape index (κ1) is 37.9. The van der Waals surface area contributed by atoms with Crippen LogP contribution in [0.25, 0.3) is 0 Å². The van der Waals surface area contributed by atoms with Gasteiger partial charge in [0.25, 0.3) is 0 Å². The van der Waals surface area contributed by atoms with Gasteiger partial charge in [0.05, 0.1) is 23.9 Å². The van der Waals surface area contributed by atoms with E-state index in [1.54, 1.807) is 21.0 Å². The average Bonchev–Trinajstić information content (AvgIpc) is 3.80. The van der Waals surface area contributed by atoms with Crippen LogP contribution in [-0.4, -0.2) is 128 Å². The highest BCUT2D eigenvalue weighted by Crippen LogP contribution is 2.38. The van der Waals surface area contributed by atoms with Gasteiger partial charge < -0.3 is 49.6 Å². The maximum Gasteiger partial charge on any atom is 0.408 e. The summed E-state index contributed by atoms with van der Waals surface area (Å²) in [5.41, 5.74) is -2.16. The number of cyclic esters (lactones) is 1. The third kappa shape index (κ3) is 8.48. The Morgan fingerprint density at radius 1 is 1.11 bits per heavy atom. The predicted octanol–water partition coefficient (Wildman–Crippen LogP) is 1.98. The van der Waals surface area contributed by atoms with E-state index in [0.717, 1.165) is 12.8 Å². The number of alkyl carbamates (subject to hydrolysis) is 1. The Labute approximate surface area is 280 Å². The topological polar surface area (TPSA) is 157 Å². The minimum absolute atomic E-state index is 0.0321. The minimum Gasteiger partial charge on any atom is -0.458 e. The first-order valence-electron chi connectivity index (χ1n) is 17.5. The smallest absolute Gasteiger partial charge is 0.408 e. The van der Waals surface area contributed by atoms with Crippen LogP contribution < -0.4 is 16.0 Å². The first-order valence-corrected chi connectivity index (χ1v) is 17.5. The van der Waals surface area contributed by atoms with Crippen LogP contribution in [-0.2, 0) is 33.3 Å². The second-order valence-corrected chi connectivity index (χ2v) is 15.1. The molecule has 0 bridgehead atoms. The van der Waals surface area contributed by atoms with Crippen LogP contribution in [0.5, 0.6) is 0 Å². The Morgan fingerprint density at radius 2 is 1.79 bits per heavy atom. The number of Topliss-reactive ketones (excluding diaryl/α,β-unsaturated/α-hetero) is 1. The van der Waals surface area contributed by atoms with Crippen LogP contribution in [0.3, 0.4) is 0 Å². The molecule has 4 N–H and O–H groups in total. The maximum atomic E-state index is 14.2. The molecule has 13 heteroatoms. The lowest BCUT2D eigenvalue weighted by Gasteiger charge is -2.47. The summed E-state index contributed by atoms with van der Waals surface area (Å²) < 4.78 is 31.1. The van der Waals surface area contributed by atoms with Gasteiger partial charge in [-0.25, -0.2) is 4.79 Å². The Hall–Kier alpha value is -1.87. The Morgan fingerprint density at radius 3 is 2.38 bits per heavy atom. The second-order valence-electron chi connectivity index (χ2n) is 15.1. The van der Waals surface area contributed by atoms with E-state index < -0.39 is 65.7 Å². The van der Waals surface area contributed by atoms with Crippen molar-refractivity contribution in [1.29, 1.82) is 0 Å². The van der Waals surface area contributed by atoms with Gasteiger partial charge in [0.1, 0.15) is 18.1 Å². The normalized spacial score (nSPS) is 44.2. The standard InChI is InChI=1S/C34H60N4O9/c1-11-25-34(7)28(37-32(42)47-34)21(5)35-16-18(2)15-33(6,43-10)29(19(3)26(39)20(4)30(41)45-25)46-31-27(40)24(38(8)9)14-23(44-31)17-36-22-12-13-22/h18-25,27-29,31,35-36,40H,11-17H2,1-10H3,(H,37,42)/t18-,19+,20-,21-,23?,24?,25-,27?,28-,29-,31+,33-,34-/m1/s1. The maximum absolute atomic E-state index is 14.2. The highest BCUT2D eigenvalue weighted by Gasteiger charge is 2.55. The Bertz CT molecular complexity index is 1110. The monoisotopic (exact) mass is 668 g/mol. The molecule has 3 unspecified atom stereocenters. The molecular weight excluding hydrogens is 608 g/mol. The molecule has 0 spiro atoms. The molecule has 4 aliphatic rings. The molecule has 47 heavy (non-hydrogen) atoms. The van der Waals surface area contributed by atoms with Crippen molar-refractivity contribution in [2.24, 2.45) is 17.8 Å². The summed E-state index contributed by atoms with van der Waals surface area (Å²) in [5.74, 6) is -3.02. The highest BCUT2D eigenvalue weighted by atomic mass is 16.7. The first-order chi connectivity index (χ1) is 22.0. The molecule has 1 amide bonds. The summed E-state index contributed by atoms with van der Waals surface area (Å²) in [4.78, 5) is 42.3. The lowest BCUT2D eigenvalue weighted by atomic mass is 9.78. The fourth-order valence-corrected chi connectivity index (χ4v) is 7.74. The van der Waals surface area contributed by atoms with Gasteiger partial charge in [-0.05, 0) is 86.4 Å². The number of esters is 1. The number of ether oxygens (including phenoxy) is 5. The molecule has 0 aromatic carbocycles. The van der Waals surface area contributed by atoms with Gasteiger partial charge >= 0.3 is 12.1 Å². The molecule has 4 fully saturated rings. The summed E-state index contributed by atoms with van der Waals surface area (Å²) in [5, 5.41) is 21.5. The number of nitrogens with one attached hydrogen (secondary N) is 3. The molecule has 1 aliphatic carbocycles. The van der Waals surface area contributed by atoms with Gasteiger partial charge in [-0.1, -0.05) is 20.8 Å². The zero-order valence-corrected chi connectivity index (χ0v) is 30.0. The number of likely N-dealkylation sites (N-methyl/N-ethyl adjacent to an activating group) is 1. The molecule has 3 heterocycles. The van der Waals surface area contributed by atoms with Crippen molar-refractivity contribution in [3.05, 3.63) is 0 Å². The van der Waals surface area contributed by atoms with Crippen molar-refractivity contribution in [3.8, 4) is 0 Å². The van der Waals surface area contributed by atoms with E-state index in [1.807, 2.05) is 39.8 Å².